The maximum absolute atomic E-state index is 13.2. The Hall–Kier alpha value is -1.93. The van der Waals surface area contributed by atoms with Crippen LogP contribution in [0.15, 0.2) is 6.07 Å². The minimum atomic E-state index is -0.689. The first-order valence-electron chi connectivity index (χ1n) is 11.3. The van der Waals surface area contributed by atoms with Gasteiger partial charge in [-0.3, -0.25) is 0 Å². The highest BCUT2D eigenvalue weighted by molar-refractivity contribution is 6.63. The van der Waals surface area contributed by atoms with Gasteiger partial charge in [-0.15, -0.1) is 0 Å². The molecule has 7 nitrogen and oxygen atoms in total. The predicted molar refractivity (Wildman–Crippen MR) is 121 cm³/mol. The van der Waals surface area contributed by atoms with Gasteiger partial charge < -0.3 is 28.3 Å². The minimum Gasteiger partial charge on any atom is -0.496 e. The van der Waals surface area contributed by atoms with Gasteiger partial charge in [-0.2, -0.15) is 0 Å². The summed E-state index contributed by atoms with van der Waals surface area (Å²) in [6, 6.07) is 1.77. The van der Waals surface area contributed by atoms with Gasteiger partial charge in [-0.1, -0.05) is 13.8 Å². The highest BCUT2D eigenvalue weighted by Crippen LogP contribution is 2.65. The molecule has 2 bridgehead atoms. The van der Waals surface area contributed by atoms with Crippen LogP contribution >= 0.6 is 0 Å². The van der Waals surface area contributed by atoms with Crippen LogP contribution in [0.5, 0.6) is 17.2 Å². The number of benzene rings is 1. The fraction of sp³-hybridized carbons (Fsp3) is 0.708. The molecule has 1 aromatic rings. The van der Waals surface area contributed by atoms with Crippen LogP contribution in [0.1, 0.15) is 64.7 Å². The summed E-state index contributed by atoms with van der Waals surface area (Å²) < 4.78 is 35.6. The van der Waals surface area contributed by atoms with Gasteiger partial charge in [-0.25, -0.2) is 4.79 Å². The second-order valence-corrected chi connectivity index (χ2v) is 10.9. The molecule has 1 aliphatic heterocycles. The van der Waals surface area contributed by atoms with Crippen LogP contribution in [-0.2, 0) is 14.0 Å². The van der Waals surface area contributed by atoms with E-state index in [1.807, 2.05) is 20.8 Å². The van der Waals surface area contributed by atoms with Gasteiger partial charge in [0.2, 0.25) is 0 Å². The molecule has 1 heterocycles. The summed E-state index contributed by atoms with van der Waals surface area (Å²) in [7, 11) is 3.85. The highest BCUT2D eigenvalue weighted by atomic mass is 16.7. The molecular weight excluding hydrogens is 411 g/mol. The molecule has 0 spiro atoms. The minimum absolute atomic E-state index is 0.00736. The van der Waals surface area contributed by atoms with E-state index in [4.69, 9.17) is 28.3 Å². The van der Waals surface area contributed by atoms with Crippen LogP contribution in [0.25, 0.3) is 0 Å². The van der Waals surface area contributed by atoms with E-state index in [-0.39, 0.29) is 22.8 Å². The molecule has 3 saturated carbocycles. The molecule has 4 aliphatic rings. The number of carbonyl (C=O) groups excluding carboxylic acids is 1. The number of rotatable bonds is 5. The molecule has 0 aromatic heterocycles. The van der Waals surface area contributed by atoms with E-state index in [0.717, 1.165) is 12.8 Å². The van der Waals surface area contributed by atoms with E-state index in [1.54, 1.807) is 6.07 Å². The second kappa shape index (κ2) is 7.56. The number of hydrogen-bond donors (Lipinski definition) is 0. The molecule has 0 amide bonds. The number of hydrogen-bond acceptors (Lipinski definition) is 7. The first-order valence-corrected chi connectivity index (χ1v) is 11.3. The summed E-state index contributed by atoms with van der Waals surface area (Å²) in [6.07, 6.45) is 2.11. The van der Waals surface area contributed by atoms with E-state index in [0.29, 0.717) is 28.8 Å². The van der Waals surface area contributed by atoms with E-state index in [9.17, 15) is 4.79 Å². The van der Waals surface area contributed by atoms with Crippen LogP contribution < -0.4 is 19.7 Å². The molecule has 5 rings (SSSR count). The third kappa shape index (κ3) is 3.38. The molecule has 1 saturated heterocycles. The van der Waals surface area contributed by atoms with Crippen molar-refractivity contribution in [3.8, 4) is 17.2 Å². The van der Waals surface area contributed by atoms with E-state index in [2.05, 4.69) is 20.8 Å². The summed E-state index contributed by atoms with van der Waals surface area (Å²) in [4.78, 5) is 13.2. The Morgan fingerprint density at radius 2 is 1.72 bits per heavy atom. The topological polar surface area (TPSA) is 72.5 Å². The lowest BCUT2D eigenvalue weighted by Gasteiger charge is -2.64. The zero-order chi connectivity index (χ0) is 23.6. The van der Waals surface area contributed by atoms with E-state index >= 15 is 0 Å². The van der Waals surface area contributed by atoms with Crippen molar-refractivity contribution in [2.45, 2.75) is 71.7 Å². The van der Waals surface area contributed by atoms with Gasteiger partial charge in [0, 0.05) is 5.46 Å². The molecule has 3 aliphatic carbocycles. The highest BCUT2D eigenvalue weighted by Gasteiger charge is 2.68. The van der Waals surface area contributed by atoms with Crippen molar-refractivity contribution in [2.24, 2.45) is 17.3 Å². The maximum Gasteiger partial charge on any atom is 0.498 e. The van der Waals surface area contributed by atoms with Crippen molar-refractivity contribution >= 4 is 18.6 Å². The summed E-state index contributed by atoms with van der Waals surface area (Å²) in [5.74, 6) is 1.46. The Bertz CT molecular complexity index is 922. The van der Waals surface area contributed by atoms with Crippen LogP contribution in [-0.4, -0.2) is 51.7 Å². The smallest absolute Gasteiger partial charge is 0.496 e. The Kier molecular flexibility index (Phi) is 5.49. The molecule has 0 N–H and O–H groups in total. The lowest BCUT2D eigenvalue weighted by molar-refractivity contribution is -0.199. The average molecular weight is 446 g/mol. The Morgan fingerprint density at radius 1 is 1.06 bits per heavy atom. The third-order valence-corrected chi connectivity index (χ3v) is 7.66. The summed E-state index contributed by atoms with van der Waals surface area (Å²) in [5.41, 5.74) is -0.0982. The Balaban J connectivity index is 1.78. The number of methoxy groups -OCH3 is 3. The molecule has 176 valence electrons. The molecule has 1 aromatic carbocycles. The summed E-state index contributed by atoms with van der Waals surface area (Å²) >= 11 is 0. The largest absolute Gasteiger partial charge is 0.498 e. The molecule has 4 fully saturated rings. The lowest BCUT2D eigenvalue weighted by atomic mass is 9.43. The number of esters is 1. The number of carbonyl (C=O) groups is 1. The zero-order valence-electron chi connectivity index (χ0n) is 20.7. The zero-order valence-corrected chi connectivity index (χ0v) is 20.7. The van der Waals surface area contributed by atoms with Gasteiger partial charge in [-0.05, 0) is 63.9 Å². The monoisotopic (exact) mass is 446 g/mol. The molecule has 4 atom stereocenters. The van der Waals surface area contributed by atoms with Crippen LogP contribution in [0.4, 0.5) is 0 Å². The van der Waals surface area contributed by atoms with Crippen molar-refractivity contribution in [1.29, 1.82) is 0 Å². The van der Waals surface area contributed by atoms with Gasteiger partial charge in [0.1, 0.15) is 16.9 Å². The van der Waals surface area contributed by atoms with Gasteiger partial charge in [0.25, 0.3) is 0 Å². The third-order valence-electron chi connectivity index (χ3n) is 7.66. The molecular formula is C24H35BO7. The fourth-order valence-electron chi connectivity index (χ4n) is 5.91. The van der Waals surface area contributed by atoms with Crippen molar-refractivity contribution in [3.63, 3.8) is 0 Å². The quantitative estimate of drug-likeness (QED) is 0.506. The number of ether oxygens (including phenoxy) is 4. The van der Waals surface area contributed by atoms with Crippen LogP contribution in [0.3, 0.4) is 0 Å². The van der Waals surface area contributed by atoms with Crippen LogP contribution in [0, 0.1) is 17.3 Å². The van der Waals surface area contributed by atoms with Crippen molar-refractivity contribution in [1.82, 2.24) is 0 Å². The first kappa shape index (κ1) is 23.2. The standard InChI is InChI=1S/C24H35BO7/c1-22(2,3)30-21(26)18-19(28-8)14(12-15(27-7)20(18)29-9)25-31-17-11-13-10-16(23(13,4)5)24(17,6)32-25/h12-13,16-17H,10-11H2,1-9H3/t13-,16-,17+,24-/m0/s1. The molecule has 0 radical (unpaired) electrons. The fourth-order valence-corrected chi connectivity index (χ4v) is 5.91. The SMILES string of the molecule is COc1cc(B2O[C@@H]3C[C@@H]4C[C@@H](C4(C)C)[C@]3(C)O2)c(OC)c(C(=O)OC(C)(C)C)c1OC. The van der Waals surface area contributed by atoms with Gasteiger partial charge in [0.15, 0.2) is 11.5 Å². The van der Waals surface area contributed by atoms with Crippen molar-refractivity contribution < 1.29 is 33.1 Å². The average Bonchev–Trinajstić information content (AvgIpc) is 3.07. The van der Waals surface area contributed by atoms with Gasteiger partial charge >= 0.3 is 13.1 Å². The summed E-state index contributed by atoms with van der Waals surface area (Å²) in [6.45, 7) is 12.2. The predicted octanol–water partition coefficient (Wildman–Crippen LogP) is 3.60. The Labute approximate surface area is 191 Å². The second-order valence-electron chi connectivity index (χ2n) is 10.9. The summed E-state index contributed by atoms with van der Waals surface area (Å²) in [5, 5.41) is 0. The first-order chi connectivity index (χ1) is 14.9. The normalized spacial score (nSPS) is 30.3. The van der Waals surface area contributed by atoms with E-state index < -0.39 is 24.3 Å². The molecule has 8 heteroatoms. The maximum atomic E-state index is 13.2. The molecule has 0 unspecified atom stereocenters. The van der Waals surface area contributed by atoms with Crippen molar-refractivity contribution in [3.05, 3.63) is 11.6 Å². The lowest BCUT2D eigenvalue weighted by Crippen LogP contribution is -2.65. The van der Waals surface area contributed by atoms with Crippen LogP contribution in [0.2, 0.25) is 0 Å². The Morgan fingerprint density at radius 3 is 2.25 bits per heavy atom. The van der Waals surface area contributed by atoms with Crippen molar-refractivity contribution in [2.75, 3.05) is 21.3 Å². The molecule has 32 heavy (non-hydrogen) atoms. The van der Waals surface area contributed by atoms with Gasteiger partial charge in [0.05, 0.1) is 33.0 Å². The van der Waals surface area contributed by atoms with E-state index in [1.165, 1.54) is 21.3 Å².